The van der Waals surface area contributed by atoms with Gasteiger partial charge >= 0.3 is 18.2 Å². The number of anilines is 3. The minimum absolute atomic E-state index is 0.0187. The van der Waals surface area contributed by atoms with E-state index in [0.29, 0.717) is 29.4 Å². The van der Waals surface area contributed by atoms with Crippen LogP contribution in [0.4, 0.5) is 34.5 Å². The van der Waals surface area contributed by atoms with Crippen molar-refractivity contribution in [1.29, 1.82) is 0 Å². The van der Waals surface area contributed by atoms with Crippen molar-refractivity contribution in [2.75, 3.05) is 22.1 Å². The highest BCUT2D eigenvalue weighted by molar-refractivity contribution is 7.19. The van der Waals surface area contributed by atoms with Crippen LogP contribution in [0.2, 0.25) is 0 Å². The quantitative estimate of drug-likeness (QED) is 0.190. The van der Waals surface area contributed by atoms with Crippen LogP contribution in [0.25, 0.3) is 21.7 Å². The van der Waals surface area contributed by atoms with Gasteiger partial charge < -0.3 is 15.4 Å². The molecule has 0 aliphatic carbocycles. The highest BCUT2D eigenvalue weighted by atomic mass is 32.1. The molecule has 1 saturated heterocycles. The van der Waals surface area contributed by atoms with Gasteiger partial charge in [0.1, 0.15) is 5.75 Å². The molecule has 10 nitrogen and oxygen atoms in total. The Balaban J connectivity index is 1.10. The van der Waals surface area contributed by atoms with E-state index in [0.717, 1.165) is 34.7 Å². The molecule has 6 rings (SSSR count). The second kappa shape index (κ2) is 12.3. The van der Waals surface area contributed by atoms with Crippen LogP contribution in [0.5, 0.6) is 11.8 Å². The van der Waals surface area contributed by atoms with Crippen LogP contribution in [0, 0.1) is 6.92 Å². The molecule has 228 valence electrons. The first-order valence-corrected chi connectivity index (χ1v) is 14.5. The number of aryl methyl sites for hydroxylation is 1. The number of amides is 3. The van der Waals surface area contributed by atoms with E-state index < -0.39 is 17.8 Å². The molecule has 1 fully saturated rings. The minimum Gasteiger partial charge on any atom is -0.424 e. The molecule has 0 radical (unpaired) electrons. The van der Waals surface area contributed by atoms with Crippen LogP contribution in [0.3, 0.4) is 0 Å². The molecule has 4 heterocycles. The highest BCUT2D eigenvalue weighted by Crippen LogP contribution is 2.36. The molecular formula is C31H24F3N7O3S. The van der Waals surface area contributed by atoms with E-state index >= 15 is 0 Å². The maximum atomic E-state index is 13.4. The average Bonchev–Trinajstić information content (AvgIpc) is 3.68. The van der Waals surface area contributed by atoms with Crippen LogP contribution >= 0.6 is 11.3 Å². The third-order valence-corrected chi connectivity index (χ3v) is 7.96. The first-order chi connectivity index (χ1) is 21.6. The number of benzene rings is 2. The van der Waals surface area contributed by atoms with Gasteiger partial charge in [-0.05, 0) is 54.8 Å². The molecular weight excluding hydrogens is 607 g/mol. The molecule has 2 aromatic carbocycles. The predicted molar refractivity (Wildman–Crippen MR) is 163 cm³/mol. The number of nitrogens with one attached hydrogen (secondary N) is 2. The number of carbonyl (C=O) groups is 2. The van der Waals surface area contributed by atoms with Crippen LogP contribution in [-0.4, -0.2) is 38.4 Å². The maximum Gasteiger partial charge on any atom is 0.417 e. The molecule has 0 atom stereocenters. The monoisotopic (exact) mass is 631 g/mol. The summed E-state index contributed by atoms with van der Waals surface area (Å²) in [6.45, 7) is 2.48. The number of pyridine rings is 1. The maximum absolute atomic E-state index is 13.4. The Hall–Kier alpha value is -5.37. The van der Waals surface area contributed by atoms with E-state index in [1.54, 1.807) is 54.4 Å². The zero-order chi connectivity index (χ0) is 31.6. The summed E-state index contributed by atoms with van der Waals surface area (Å²) in [7, 11) is 0. The summed E-state index contributed by atoms with van der Waals surface area (Å²) in [5.74, 6) is 0.555. The first-order valence-electron chi connectivity index (χ1n) is 13.7. The number of alkyl halides is 3. The van der Waals surface area contributed by atoms with E-state index in [1.807, 2.05) is 12.1 Å². The van der Waals surface area contributed by atoms with Gasteiger partial charge in [-0.15, -0.1) is 0 Å². The molecule has 1 aliphatic rings. The number of aromatic nitrogens is 4. The number of nitrogens with zero attached hydrogens (tertiary/aromatic N) is 5. The van der Waals surface area contributed by atoms with Crippen LogP contribution < -0.4 is 20.3 Å². The summed E-state index contributed by atoms with van der Waals surface area (Å²) in [6.07, 6.45) is 1.81. The topological polar surface area (TPSA) is 122 Å². The van der Waals surface area contributed by atoms with Gasteiger partial charge in [0, 0.05) is 30.9 Å². The van der Waals surface area contributed by atoms with Crippen molar-refractivity contribution in [1.82, 2.24) is 19.9 Å². The lowest BCUT2D eigenvalue weighted by Gasteiger charge is -2.15. The molecule has 1 aliphatic heterocycles. The molecule has 5 aromatic rings. The van der Waals surface area contributed by atoms with Crippen LogP contribution in [0.1, 0.15) is 24.0 Å². The van der Waals surface area contributed by atoms with Crippen molar-refractivity contribution in [3.8, 4) is 33.5 Å². The van der Waals surface area contributed by atoms with Gasteiger partial charge in [-0.25, -0.2) is 19.7 Å². The number of rotatable bonds is 7. The SMILES string of the molecule is Cc1ccccc1-c1ncc(C(F)(F)F)cc1NC(=O)Nc1cnc(Oc2ccc(-c3cnc(N4CCCC4=O)s3)cc2)nc1. The molecule has 0 unspecified atom stereocenters. The Morgan fingerprint density at radius 2 is 1.71 bits per heavy atom. The van der Waals surface area contributed by atoms with Crippen molar-refractivity contribution in [3.63, 3.8) is 0 Å². The summed E-state index contributed by atoms with van der Waals surface area (Å²) < 4.78 is 46.0. The van der Waals surface area contributed by atoms with Gasteiger partial charge in [0.15, 0.2) is 5.13 Å². The molecule has 0 saturated carbocycles. The molecule has 45 heavy (non-hydrogen) atoms. The average molecular weight is 632 g/mol. The van der Waals surface area contributed by atoms with E-state index in [2.05, 4.69) is 30.6 Å². The third kappa shape index (κ3) is 6.75. The fourth-order valence-corrected chi connectivity index (χ4v) is 5.62. The number of urea groups is 1. The Labute approximate surface area is 259 Å². The van der Waals surface area contributed by atoms with Crippen molar-refractivity contribution < 1.29 is 27.5 Å². The summed E-state index contributed by atoms with van der Waals surface area (Å²) >= 11 is 1.44. The molecule has 0 spiro atoms. The summed E-state index contributed by atoms with van der Waals surface area (Å²) in [4.78, 5) is 44.0. The number of halogens is 3. The number of hydrogen-bond acceptors (Lipinski definition) is 8. The molecule has 3 aromatic heterocycles. The Morgan fingerprint density at radius 3 is 2.40 bits per heavy atom. The van der Waals surface area contributed by atoms with E-state index in [1.165, 1.54) is 23.7 Å². The fraction of sp³-hybridized carbons (Fsp3) is 0.161. The Kier molecular flexibility index (Phi) is 8.13. The van der Waals surface area contributed by atoms with Gasteiger partial charge in [-0.3, -0.25) is 14.7 Å². The number of ether oxygens (including phenoxy) is 1. The largest absolute Gasteiger partial charge is 0.424 e. The van der Waals surface area contributed by atoms with Crippen molar-refractivity contribution >= 4 is 39.8 Å². The van der Waals surface area contributed by atoms with Gasteiger partial charge in [0.05, 0.1) is 39.9 Å². The van der Waals surface area contributed by atoms with Gasteiger partial charge in [0.25, 0.3) is 0 Å². The van der Waals surface area contributed by atoms with Crippen LogP contribution in [0.15, 0.2) is 79.4 Å². The Morgan fingerprint density at radius 1 is 0.956 bits per heavy atom. The lowest BCUT2D eigenvalue weighted by Crippen LogP contribution is -2.23. The van der Waals surface area contributed by atoms with E-state index in [-0.39, 0.29) is 29.0 Å². The number of thiazole rings is 1. The highest BCUT2D eigenvalue weighted by Gasteiger charge is 2.32. The zero-order valence-electron chi connectivity index (χ0n) is 23.6. The zero-order valence-corrected chi connectivity index (χ0v) is 24.4. The smallest absolute Gasteiger partial charge is 0.417 e. The van der Waals surface area contributed by atoms with Gasteiger partial charge in [0.2, 0.25) is 5.91 Å². The van der Waals surface area contributed by atoms with Gasteiger partial charge in [-0.1, -0.05) is 35.6 Å². The van der Waals surface area contributed by atoms with Crippen molar-refractivity contribution in [3.05, 3.63) is 90.5 Å². The molecule has 3 amide bonds. The minimum atomic E-state index is -4.65. The summed E-state index contributed by atoms with van der Waals surface area (Å²) in [5, 5.41) is 5.66. The fourth-order valence-electron chi connectivity index (χ4n) is 4.65. The number of hydrogen-bond donors (Lipinski definition) is 2. The van der Waals surface area contributed by atoms with Crippen molar-refractivity contribution in [2.24, 2.45) is 0 Å². The van der Waals surface area contributed by atoms with Crippen molar-refractivity contribution in [2.45, 2.75) is 25.9 Å². The standard InChI is InChI=1S/C31H24F3N7O3S/c1-18-5-2-3-6-23(18)27-24(13-20(14-35-27)31(32,33)34)40-28(43)39-21-15-36-29(37-16-21)44-22-10-8-19(9-11-22)25-17-38-30(45-25)41-12-4-7-26(41)42/h2-3,5-6,8-11,13-17H,4,7,12H2,1H3,(H2,39,40,43). The van der Waals surface area contributed by atoms with E-state index in [4.69, 9.17) is 4.74 Å². The Bertz CT molecular complexity index is 1860. The first kappa shape index (κ1) is 29.7. The van der Waals surface area contributed by atoms with Crippen LogP contribution in [-0.2, 0) is 11.0 Å². The molecule has 0 bridgehead atoms. The predicted octanol–water partition coefficient (Wildman–Crippen LogP) is 7.55. The second-order valence-corrected chi connectivity index (χ2v) is 11.1. The third-order valence-electron chi connectivity index (χ3n) is 6.90. The normalized spacial score (nSPS) is 13.2. The van der Waals surface area contributed by atoms with E-state index in [9.17, 15) is 22.8 Å². The van der Waals surface area contributed by atoms with Gasteiger partial charge in [-0.2, -0.15) is 13.2 Å². The second-order valence-electron chi connectivity index (χ2n) is 10.0. The summed E-state index contributed by atoms with van der Waals surface area (Å²) in [5.41, 5.74) is 1.54. The lowest BCUT2D eigenvalue weighted by atomic mass is 10.0. The summed E-state index contributed by atoms with van der Waals surface area (Å²) in [6, 6.07) is 14.3. The molecule has 2 N–H and O–H groups in total. The molecule has 14 heteroatoms. The lowest BCUT2D eigenvalue weighted by molar-refractivity contribution is -0.137. The number of carbonyl (C=O) groups excluding carboxylic acids is 2.